The Morgan fingerprint density at radius 3 is 2.56 bits per heavy atom. The van der Waals surface area contributed by atoms with Gasteiger partial charge in [0.2, 0.25) is 0 Å². The molecule has 0 saturated heterocycles. The molecule has 0 amide bonds. The number of benzene rings is 1. The largest absolute Gasteiger partial charge is 0.573 e. The highest BCUT2D eigenvalue weighted by molar-refractivity contribution is 5.67. The lowest BCUT2D eigenvalue weighted by Gasteiger charge is -2.12. The van der Waals surface area contributed by atoms with Crippen molar-refractivity contribution in [2.24, 2.45) is 0 Å². The summed E-state index contributed by atoms with van der Waals surface area (Å²) in [6.45, 7) is 0. The van der Waals surface area contributed by atoms with E-state index in [0.29, 0.717) is 0 Å². The van der Waals surface area contributed by atoms with Crippen LogP contribution in [0.1, 0.15) is 5.56 Å². The molecule has 1 aromatic heterocycles. The molecular weight excluding hydrogens is 247 g/mol. The van der Waals surface area contributed by atoms with Gasteiger partial charge in [-0.25, -0.2) is 0 Å². The average Bonchev–Trinajstić information content (AvgIpc) is 2.80. The van der Waals surface area contributed by atoms with Crippen LogP contribution in [0.25, 0.3) is 11.3 Å². The van der Waals surface area contributed by atoms with Gasteiger partial charge >= 0.3 is 6.36 Å². The molecule has 2 aromatic rings. The Hall–Kier alpha value is -2.42. The molecule has 3 nitrogen and oxygen atoms in total. The second-order valence-electron chi connectivity index (χ2n) is 3.35. The molecule has 1 aromatic carbocycles. The minimum absolute atomic E-state index is 0.0737. The van der Waals surface area contributed by atoms with Gasteiger partial charge in [-0.05, 0) is 30.3 Å². The first-order valence-electron chi connectivity index (χ1n) is 4.83. The van der Waals surface area contributed by atoms with Crippen LogP contribution in [0.15, 0.2) is 41.0 Å². The summed E-state index contributed by atoms with van der Waals surface area (Å²) in [4.78, 5) is 0. The second-order valence-corrected chi connectivity index (χ2v) is 3.35. The Balaban J connectivity index is 2.49. The maximum atomic E-state index is 12.3. The molecule has 0 N–H and O–H groups in total. The van der Waals surface area contributed by atoms with Gasteiger partial charge in [0.05, 0.1) is 23.5 Å². The van der Waals surface area contributed by atoms with Crippen molar-refractivity contribution in [3.8, 4) is 23.1 Å². The predicted octanol–water partition coefficient (Wildman–Crippen LogP) is 3.72. The van der Waals surface area contributed by atoms with Crippen LogP contribution in [0.4, 0.5) is 13.2 Å². The van der Waals surface area contributed by atoms with E-state index >= 15 is 0 Å². The van der Waals surface area contributed by atoms with Crippen molar-refractivity contribution >= 4 is 0 Å². The molecule has 1 heterocycles. The highest BCUT2D eigenvalue weighted by Gasteiger charge is 2.32. The van der Waals surface area contributed by atoms with Crippen LogP contribution in [-0.2, 0) is 0 Å². The first-order chi connectivity index (χ1) is 8.49. The van der Waals surface area contributed by atoms with Crippen molar-refractivity contribution < 1.29 is 22.3 Å². The van der Waals surface area contributed by atoms with Crippen LogP contribution in [0.3, 0.4) is 0 Å². The molecule has 2 rings (SSSR count). The van der Waals surface area contributed by atoms with Crippen molar-refractivity contribution in [1.82, 2.24) is 0 Å². The lowest BCUT2D eigenvalue weighted by atomic mass is 10.1. The van der Waals surface area contributed by atoms with Gasteiger partial charge in [-0.15, -0.1) is 13.2 Å². The van der Waals surface area contributed by atoms with Crippen LogP contribution in [0.2, 0.25) is 0 Å². The summed E-state index contributed by atoms with van der Waals surface area (Å²) in [6.07, 6.45) is -3.49. The quantitative estimate of drug-likeness (QED) is 0.819. The van der Waals surface area contributed by atoms with E-state index in [4.69, 9.17) is 9.68 Å². The number of alkyl halides is 3. The zero-order valence-electron chi connectivity index (χ0n) is 8.86. The number of halogens is 3. The number of hydrogen-bond acceptors (Lipinski definition) is 3. The van der Waals surface area contributed by atoms with E-state index in [1.807, 2.05) is 0 Å². The molecule has 0 radical (unpaired) electrons. The highest BCUT2D eigenvalue weighted by atomic mass is 19.4. The second kappa shape index (κ2) is 4.45. The predicted molar refractivity (Wildman–Crippen MR) is 55.5 cm³/mol. The van der Waals surface area contributed by atoms with Gasteiger partial charge in [0.15, 0.2) is 0 Å². The maximum absolute atomic E-state index is 12.3. The number of furan rings is 1. The van der Waals surface area contributed by atoms with E-state index < -0.39 is 12.1 Å². The van der Waals surface area contributed by atoms with Crippen LogP contribution >= 0.6 is 0 Å². The van der Waals surface area contributed by atoms with Crippen molar-refractivity contribution in [1.29, 1.82) is 5.26 Å². The molecule has 0 aliphatic heterocycles. The van der Waals surface area contributed by atoms with E-state index in [1.165, 1.54) is 24.5 Å². The molecular formula is C12H6F3NO2. The average molecular weight is 253 g/mol. The molecule has 0 unspecified atom stereocenters. The summed E-state index contributed by atoms with van der Waals surface area (Å²) < 4.78 is 45.7. The molecule has 0 aliphatic rings. The number of ether oxygens (including phenoxy) is 1. The van der Waals surface area contributed by atoms with Crippen LogP contribution in [0.5, 0.6) is 5.75 Å². The number of nitrogens with zero attached hydrogens (tertiary/aromatic N) is 1. The molecule has 6 heteroatoms. The van der Waals surface area contributed by atoms with Crippen molar-refractivity contribution in [3.05, 3.63) is 42.2 Å². The fraction of sp³-hybridized carbons (Fsp3) is 0.0833. The molecule has 0 saturated carbocycles. The standard InChI is InChI=1S/C12H6F3NO2/c13-12(14,15)18-11-6-8(7-16)3-4-9(11)10-2-1-5-17-10/h1-6H. The minimum Gasteiger partial charge on any atom is -0.464 e. The number of hydrogen-bond donors (Lipinski definition) is 0. The van der Waals surface area contributed by atoms with Crippen LogP contribution in [0, 0.1) is 11.3 Å². The third-order valence-corrected chi connectivity index (χ3v) is 2.12. The first kappa shape index (κ1) is 12.0. The van der Waals surface area contributed by atoms with E-state index in [2.05, 4.69) is 4.74 Å². The lowest BCUT2D eigenvalue weighted by molar-refractivity contribution is -0.274. The van der Waals surface area contributed by atoms with Crippen molar-refractivity contribution in [3.63, 3.8) is 0 Å². The third kappa shape index (κ3) is 2.63. The van der Waals surface area contributed by atoms with E-state index in [-0.39, 0.29) is 16.9 Å². The van der Waals surface area contributed by atoms with Crippen molar-refractivity contribution in [2.45, 2.75) is 6.36 Å². The zero-order valence-corrected chi connectivity index (χ0v) is 8.86. The first-order valence-corrected chi connectivity index (χ1v) is 4.83. The normalized spacial score (nSPS) is 11.0. The number of rotatable bonds is 2. The van der Waals surface area contributed by atoms with Gasteiger partial charge in [0.25, 0.3) is 0 Å². The highest BCUT2D eigenvalue weighted by Crippen LogP contribution is 2.34. The summed E-state index contributed by atoms with van der Waals surface area (Å²) in [5.41, 5.74) is 0.209. The van der Waals surface area contributed by atoms with Crippen LogP contribution < -0.4 is 4.74 Å². The molecule has 0 aliphatic carbocycles. The molecule has 92 valence electrons. The summed E-state index contributed by atoms with van der Waals surface area (Å²) >= 11 is 0. The summed E-state index contributed by atoms with van der Waals surface area (Å²) in [5, 5.41) is 8.67. The molecule has 0 spiro atoms. The van der Waals surface area contributed by atoms with E-state index in [9.17, 15) is 13.2 Å². The summed E-state index contributed by atoms with van der Waals surface area (Å²) in [7, 11) is 0. The minimum atomic E-state index is -4.82. The Morgan fingerprint density at radius 1 is 1.22 bits per heavy atom. The molecule has 0 atom stereocenters. The Kier molecular flexibility index (Phi) is 2.98. The van der Waals surface area contributed by atoms with E-state index in [0.717, 1.165) is 6.07 Å². The van der Waals surface area contributed by atoms with Gasteiger partial charge < -0.3 is 9.15 Å². The van der Waals surface area contributed by atoms with Gasteiger partial charge in [0, 0.05) is 0 Å². The zero-order chi connectivity index (χ0) is 13.2. The Bertz CT molecular complexity index is 582. The van der Waals surface area contributed by atoms with Gasteiger partial charge in [0.1, 0.15) is 11.5 Å². The van der Waals surface area contributed by atoms with Crippen molar-refractivity contribution in [2.75, 3.05) is 0 Å². The molecule has 0 fully saturated rings. The molecule has 18 heavy (non-hydrogen) atoms. The van der Waals surface area contributed by atoms with Crippen LogP contribution in [-0.4, -0.2) is 6.36 Å². The van der Waals surface area contributed by atoms with Gasteiger partial charge in [-0.3, -0.25) is 0 Å². The van der Waals surface area contributed by atoms with E-state index in [1.54, 1.807) is 12.1 Å². The smallest absolute Gasteiger partial charge is 0.464 e. The topological polar surface area (TPSA) is 46.2 Å². The maximum Gasteiger partial charge on any atom is 0.573 e. The lowest BCUT2D eigenvalue weighted by Crippen LogP contribution is -2.17. The SMILES string of the molecule is N#Cc1ccc(-c2ccco2)c(OC(F)(F)F)c1. The summed E-state index contributed by atoms with van der Waals surface area (Å²) in [5.74, 6) is -0.227. The number of nitriles is 1. The Morgan fingerprint density at radius 2 is 2.00 bits per heavy atom. The Labute approximate surface area is 100 Å². The fourth-order valence-corrected chi connectivity index (χ4v) is 1.44. The van der Waals surface area contributed by atoms with Gasteiger partial charge in [-0.2, -0.15) is 5.26 Å². The third-order valence-electron chi connectivity index (χ3n) is 2.12. The fourth-order valence-electron chi connectivity index (χ4n) is 1.44. The summed E-state index contributed by atoms with van der Waals surface area (Å²) in [6, 6.07) is 8.55. The van der Waals surface area contributed by atoms with Gasteiger partial charge in [-0.1, -0.05) is 0 Å². The monoisotopic (exact) mass is 253 g/mol. The molecule has 0 bridgehead atoms.